The number of thiazole rings is 1. The number of hydrogen-bond acceptors (Lipinski definition) is 4. The third kappa shape index (κ3) is 4.31. The molecule has 0 aliphatic carbocycles. The van der Waals surface area contributed by atoms with Crippen LogP contribution in [-0.4, -0.2) is 22.6 Å². The van der Waals surface area contributed by atoms with Crippen LogP contribution in [0.5, 0.6) is 0 Å². The van der Waals surface area contributed by atoms with E-state index in [9.17, 15) is 4.79 Å². The Bertz CT molecular complexity index is 922. The van der Waals surface area contributed by atoms with Crippen molar-refractivity contribution in [2.24, 2.45) is 0 Å². The van der Waals surface area contributed by atoms with Gasteiger partial charge in [-0.2, -0.15) is 0 Å². The maximum Gasteiger partial charge on any atom is 0.305 e. The summed E-state index contributed by atoms with van der Waals surface area (Å²) in [5, 5.41) is 12.0. The zero-order valence-electron chi connectivity index (χ0n) is 14.6. The first-order valence-corrected chi connectivity index (χ1v) is 9.89. The van der Waals surface area contributed by atoms with Crippen LogP contribution < -0.4 is 4.90 Å². The number of benzene rings is 2. The summed E-state index contributed by atoms with van der Waals surface area (Å²) in [5.74, 6) is -0.815. The van der Waals surface area contributed by atoms with Gasteiger partial charge in [-0.3, -0.25) is 4.79 Å². The fourth-order valence-electron chi connectivity index (χ4n) is 2.68. The molecule has 0 radical (unpaired) electrons. The molecule has 1 aromatic heterocycles. The summed E-state index contributed by atoms with van der Waals surface area (Å²) in [5.41, 5.74) is 5.16. The van der Waals surface area contributed by atoms with E-state index in [-0.39, 0.29) is 6.42 Å². The van der Waals surface area contributed by atoms with Gasteiger partial charge in [-0.05, 0) is 43.2 Å². The largest absolute Gasteiger partial charge is 0.481 e. The second kappa shape index (κ2) is 8.01. The van der Waals surface area contributed by atoms with Crippen molar-refractivity contribution in [1.82, 2.24) is 4.98 Å². The molecule has 0 aliphatic rings. The van der Waals surface area contributed by atoms with E-state index in [1.165, 1.54) is 11.3 Å². The molecular weight excluding hydrogens is 412 g/mol. The maximum atomic E-state index is 11.1. The SMILES string of the molecule is Cc1ccc(C)c(N(CCC(=O)O)c2nc(-c3ccc(Br)cc3)cs2)c1. The summed E-state index contributed by atoms with van der Waals surface area (Å²) < 4.78 is 1.02. The Balaban J connectivity index is 1.98. The van der Waals surface area contributed by atoms with Crippen LogP contribution in [0.15, 0.2) is 52.3 Å². The Morgan fingerprint density at radius 2 is 1.92 bits per heavy atom. The van der Waals surface area contributed by atoms with Crippen molar-refractivity contribution < 1.29 is 9.90 Å². The molecule has 0 saturated heterocycles. The van der Waals surface area contributed by atoms with E-state index >= 15 is 0 Å². The second-order valence-corrected chi connectivity index (χ2v) is 7.86. The Hall–Kier alpha value is -2.18. The number of hydrogen-bond donors (Lipinski definition) is 1. The predicted octanol–water partition coefficient (Wildman–Crippen LogP) is 5.80. The Morgan fingerprint density at radius 3 is 2.62 bits per heavy atom. The molecule has 0 bridgehead atoms. The highest BCUT2D eigenvalue weighted by Crippen LogP contribution is 2.34. The van der Waals surface area contributed by atoms with Crippen LogP contribution in [-0.2, 0) is 4.79 Å². The van der Waals surface area contributed by atoms with Gasteiger partial charge in [0.2, 0.25) is 0 Å². The summed E-state index contributed by atoms with van der Waals surface area (Å²) in [6.07, 6.45) is 0.0561. The molecule has 1 N–H and O–H groups in total. The van der Waals surface area contributed by atoms with Crippen molar-refractivity contribution in [2.45, 2.75) is 20.3 Å². The van der Waals surface area contributed by atoms with Crippen LogP contribution in [0.2, 0.25) is 0 Å². The van der Waals surface area contributed by atoms with E-state index in [2.05, 4.69) is 34.1 Å². The van der Waals surface area contributed by atoms with Gasteiger partial charge in [0.25, 0.3) is 0 Å². The monoisotopic (exact) mass is 430 g/mol. The van der Waals surface area contributed by atoms with Gasteiger partial charge in [0.15, 0.2) is 5.13 Å². The van der Waals surface area contributed by atoms with Crippen molar-refractivity contribution in [3.63, 3.8) is 0 Å². The number of rotatable bonds is 6. The van der Waals surface area contributed by atoms with Gasteiger partial charge in [0.1, 0.15) is 0 Å². The van der Waals surface area contributed by atoms with Gasteiger partial charge in [-0.25, -0.2) is 4.98 Å². The van der Waals surface area contributed by atoms with Crippen LogP contribution in [0.3, 0.4) is 0 Å². The van der Waals surface area contributed by atoms with E-state index in [1.54, 1.807) is 0 Å². The average Bonchev–Trinajstić information content (AvgIpc) is 3.08. The highest BCUT2D eigenvalue weighted by molar-refractivity contribution is 9.10. The number of halogens is 1. The smallest absolute Gasteiger partial charge is 0.305 e. The highest BCUT2D eigenvalue weighted by atomic mass is 79.9. The molecule has 6 heteroatoms. The molecule has 0 amide bonds. The fourth-order valence-corrected chi connectivity index (χ4v) is 3.82. The summed E-state index contributed by atoms with van der Waals surface area (Å²) >= 11 is 4.97. The van der Waals surface area contributed by atoms with E-state index in [0.717, 1.165) is 37.7 Å². The predicted molar refractivity (Wildman–Crippen MR) is 110 cm³/mol. The minimum atomic E-state index is -0.815. The molecule has 0 unspecified atom stereocenters. The Labute approximate surface area is 165 Å². The minimum absolute atomic E-state index is 0.0561. The van der Waals surface area contributed by atoms with Crippen molar-refractivity contribution >= 4 is 44.1 Å². The Morgan fingerprint density at radius 1 is 1.19 bits per heavy atom. The first-order chi connectivity index (χ1) is 12.4. The first kappa shape index (κ1) is 18.6. The molecule has 0 atom stereocenters. The first-order valence-electron chi connectivity index (χ1n) is 8.22. The third-order valence-electron chi connectivity index (χ3n) is 4.07. The van der Waals surface area contributed by atoms with Gasteiger partial charge in [0.05, 0.1) is 12.1 Å². The van der Waals surface area contributed by atoms with Crippen molar-refractivity contribution in [3.05, 3.63) is 63.4 Å². The molecule has 0 aliphatic heterocycles. The summed E-state index contributed by atoms with van der Waals surface area (Å²) in [6, 6.07) is 14.2. The van der Waals surface area contributed by atoms with Crippen molar-refractivity contribution in [1.29, 1.82) is 0 Å². The van der Waals surface area contributed by atoms with Crippen LogP contribution in [0.25, 0.3) is 11.3 Å². The zero-order chi connectivity index (χ0) is 18.7. The fraction of sp³-hybridized carbons (Fsp3) is 0.200. The molecule has 0 saturated carbocycles. The lowest BCUT2D eigenvalue weighted by Crippen LogP contribution is -2.21. The molecule has 2 aromatic carbocycles. The molecule has 134 valence electrons. The lowest BCUT2D eigenvalue weighted by atomic mass is 10.1. The summed E-state index contributed by atoms with van der Waals surface area (Å²) in [6.45, 7) is 4.45. The molecular formula is C20H19BrN2O2S. The van der Waals surface area contributed by atoms with Gasteiger partial charge in [-0.1, -0.05) is 40.2 Å². The van der Waals surface area contributed by atoms with Gasteiger partial charge in [0, 0.05) is 27.6 Å². The van der Waals surface area contributed by atoms with Crippen LogP contribution in [0.1, 0.15) is 17.5 Å². The molecule has 3 aromatic rings. The number of nitrogens with zero attached hydrogens (tertiary/aromatic N) is 2. The molecule has 3 rings (SSSR count). The third-order valence-corrected chi connectivity index (χ3v) is 5.46. The molecule has 0 spiro atoms. The maximum absolute atomic E-state index is 11.1. The molecule has 0 fully saturated rings. The molecule has 1 heterocycles. The molecule has 4 nitrogen and oxygen atoms in total. The van der Waals surface area contributed by atoms with Crippen LogP contribution in [0.4, 0.5) is 10.8 Å². The van der Waals surface area contributed by atoms with E-state index in [4.69, 9.17) is 10.1 Å². The Kier molecular flexibility index (Phi) is 5.74. The summed E-state index contributed by atoms with van der Waals surface area (Å²) in [7, 11) is 0. The summed E-state index contributed by atoms with van der Waals surface area (Å²) in [4.78, 5) is 17.9. The number of carbonyl (C=O) groups is 1. The highest BCUT2D eigenvalue weighted by Gasteiger charge is 2.17. The second-order valence-electron chi connectivity index (χ2n) is 6.11. The number of aliphatic carboxylic acids is 1. The van der Waals surface area contributed by atoms with Crippen LogP contribution in [0, 0.1) is 13.8 Å². The lowest BCUT2D eigenvalue weighted by molar-refractivity contribution is -0.136. The lowest BCUT2D eigenvalue weighted by Gasteiger charge is -2.23. The quantitative estimate of drug-likeness (QED) is 0.536. The van der Waals surface area contributed by atoms with E-state index in [1.807, 2.05) is 48.4 Å². The van der Waals surface area contributed by atoms with Gasteiger partial charge < -0.3 is 10.0 Å². The van der Waals surface area contributed by atoms with Crippen molar-refractivity contribution in [2.75, 3.05) is 11.4 Å². The molecule has 26 heavy (non-hydrogen) atoms. The van der Waals surface area contributed by atoms with Crippen molar-refractivity contribution in [3.8, 4) is 11.3 Å². The number of carboxylic acids is 1. The standard InChI is InChI=1S/C20H19BrN2O2S/c1-13-3-4-14(2)18(11-13)23(10-9-19(24)25)20-22-17(12-26-20)15-5-7-16(21)8-6-15/h3-8,11-12H,9-10H2,1-2H3,(H,24,25). The normalized spacial score (nSPS) is 10.7. The minimum Gasteiger partial charge on any atom is -0.481 e. The zero-order valence-corrected chi connectivity index (χ0v) is 17.0. The number of aryl methyl sites for hydroxylation is 2. The van der Waals surface area contributed by atoms with Gasteiger partial charge >= 0.3 is 5.97 Å². The average molecular weight is 431 g/mol. The van der Waals surface area contributed by atoms with Gasteiger partial charge in [-0.15, -0.1) is 11.3 Å². The number of aromatic nitrogens is 1. The number of carboxylic acid groups (broad SMARTS) is 1. The van der Waals surface area contributed by atoms with Crippen LogP contribution >= 0.6 is 27.3 Å². The van der Waals surface area contributed by atoms with E-state index < -0.39 is 5.97 Å². The number of anilines is 2. The van der Waals surface area contributed by atoms with E-state index in [0.29, 0.717) is 6.54 Å². The topological polar surface area (TPSA) is 53.4 Å².